The maximum atomic E-state index is 13.0. The molecule has 1 aromatic carbocycles. The van der Waals surface area contributed by atoms with Crippen molar-refractivity contribution in [3.63, 3.8) is 0 Å². The summed E-state index contributed by atoms with van der Waals surface area (Å²) in [6, 6.07) is 11.2. The minimum absolute atomic E-state index is 0.0997. The minimum Gasteiger partial charge on any atom is -0.379 e. The van der Waals surface area contributed by atoms with Gasteiger partial charge in [-0.3, -0.25) is 19.8 Å². The maximum Gasteiger partial charge on any atom is 0.251 e. The number of nitrogens with zero attached hydrogens (tertiary/aromatic N) is 2. The Morgan fingerprint density at radius 2 is 1.97 bits per heavy atom. The van der Waals surface area contributed by atoms with Crippen LogP contribution >= 0.6 is 15.9 Å². The van der Waals surface area contributed by atoms with Crippen LogP contribution in [-0.4, -0.2) is 65.5 Å². The Morgan fingerprint density at radius 3 is 2.66 bits per heavy atom. The second kappa shape index (κ2) is 10.5. The van der Waals surface area contributed by atoms with Crippen molar-refractivity contribution in [1.82, 2.24) is 9.88 Å². The van der Waals surface area contributed by atoms with Gasteiger partial charge in [0.25, 0.3) is 5.91 Å². The molecule has 10 heteroatoms. The summed E-state index contributed by atoms with van der Waals surface area (Å²) in [6.45, 7) is 1.59. The number of rotatable bonds is 8. The molecule has 0 radical (unpaired) electrons. The first-order valence-corrected chi connectivity index (χ1v) is 10.8. The van der Waals surface area contributed by atoms with Gasteiger partial charge in [0.2, 0.25) is 5.91 Å². The van der Waals surface area contributed by atoms with E-state index in [1.54, 1.807) is 42.5 Å². The van der Waals surface area contributed by atoms with Crippen LogP contribution < -0.4 is 10.6 Å². The molecule has 0 spiro atoms. The molecular weight excluding hydrogens is 478 g/mol. The van der Waals surface area contributed by atoms with Gasteiger partial charge in [-0.05, 0) is 40.5 Å². The number of anilines is 2. The third-order valence-corrected chi connectivity index (χ3v) is 5.62. The van der Waals surface area contributed by atoms with E-state index in [2.05, 4.69) is 31.5 Å². The number of carbonyl (C=O) groups is 3. The first-order chi connectivity index (χ1) is 15.3. The van der Waals surface area contributed by atoms with E-state index in [1.165, 1.54) is 18.9 Å². The summed E-state index contributed by atoms with van der Waals surface area (Å²) in [5.41, 5.74) is 0.779. The molecule has 0 saturated carbocycles. The van der Waals surface area contributed by atoms with Crippen molar-refractivity contribution in [2.45, 2.75) is 25.5 Å². The van der Waals surface area contributed by atoms with Crippen LogP contribution in [0, 0.1) is 5.41 Å². The standard InChI is InChI=1S/C22H24BrN5O4/c1-13(29)20(24)14-6-3-4-7-15(14)25-12-19(30)28-11-10-16(32-2)21(28)22(31)27-18-9-5-8-17(23)26-18/h3-9,16,21,24-25H,10-12H2,1-2H3,(H,26,27,31)/t16-,21+/m1/s1. The average molecular weight is 502 g/mol. The zero-order chi connectivity index (χ0) is 23.3. The molecule has 1 aromatic heterocycles. The number of ether oxygens (including phenoxy) is 1. The second-order valence-electron chi connectivity index (χ2n) is 7.26. The molecule has 2 aromatic rings. The lowest BCUT2D eigenvalue weighted by Crippen LogP contribution is -2.49. The number of methoxy groups -OCH3 is 1. The smallest absolute Gasteiger partial charge is 0.251 e. The van der Waals surface area contributed by atoms with Crippen LogP contribution in [0.4, 0.5) is 11.5 Å². The largest absolute Gasteiger partial charge is 0.379 e. The van der Waals surface area contributed by atoms with Crippen LogP contribution in [0.25, 0.3) is 0 Å². The van der Waals surface area contributed by atoms with E-state index in [-0.39, 0.29) is 29.9 Å². The van der Waals surface area contributed by atoms with E-state index in [1.807, 2.05) is 0 Å². The van der Waals surface area contributed by atoms with Crippen molar-refractivity contribution in [2.24, 2.45) is 0 Å². The van der Waals surface area contributed by atoms with Gasteiger partial charge in [-0.25, -0.2) is 4.98 Å². The highest BCUT2D eigenvalue weighted by molar-refractivity contribution is 9.10. The van der Waals surface area contributed by atoms with Crippen molar-refractivity contribution < 1.29 is 19.1 Å². The molecule has 32 heavy (non-hydrogen) atoms. The maximum absolute atomic E-state index is 13.0. The highest BCUT2D eigenvalue weighted by atomic mass is 79.9. The molecule has 2 amide bonds. The molecule has 0 bridgehead atoms. The van der Waals surface area contributed by atoms with E-state index < -0.39 is 12.1 Å². The summed E-state index contributed by atoms with van der Waals surface area (Å²) in [5.74, 6) is -0.678. The van der Waals surface area contributed by atoms with E-state index in [0.717, 1.165) is 0 Å². The van der Waals surface area contributed by atoms with Gasteiger partial charge in [0.1, 0.15) is 22.2 Å². The zero-order valence-electron chi connectivity index (χ0n) is 17.7. The normalized spacial score (nSPS) is 17.7. The van der Waals surface area contributed by atoms with Gasteiger partial charge < -0.3 is 20.3 Å². The number of para-hydroxylation sites is 1. The Bertz CT molecular complexity index is 1040. The number of Topliss-reactive ketones (excluding diaryl/α,β-unsaturated/α-hetero) is 1. The number of aromatic nitrogens is 1. The molecular formula is C22H24BrN5O4. The van der Waals surface area contributed by atoms with Crippen LogP contribution in [0.5, 0.6) is 0 Å². The Balaban J connectivity index is 1.72. The lowest BCUT2D eigenvalue weighted by Gasteiger charge is -2.27. The quantitative estimate of drug-likeness (QED) is 0.376. The second-order valence-corrected chi connectivity index (χ2v) is 8.07. The summed E-state index contributed by atoms with van der Waals surface area (Å²) in [6.07, 6.45) is 0.0851. The van der Waals surface area contributed by atoms with Gasteiger partial charge in [0, 0.05) is 31.8 Å². The first-order valence-electron chi connectivity index (χ1n) is 10.00. The molecule has 1 fully saturated rings. The molecule has 1 aliphatic heterocycles. The monoisotopic (exact) mass is 501 g/mol. The lowest BCUT2D eigenvalue weighted by molar-refractivity contribution is -0.137. The van der Waals surface area contributed by atoms with Gasteiger partial charge in [-0.1, -0.05) is 24.3 Å². The number of ketones is 1. The Hall–Kier alpha value is -3.11. The summed E-state index contributed by atoms with van der Waals surface area (Å²) < 4.78 is 6.04. The van der Waals surface area contributed by atoms with Crippen molar-refractivity contribution in [2.75, 3.05) is 30.8 Å². The summed E-state index contributed by atoms with van der Waals surface area (Å²) >= 11 is 3.27. The van der Waals surface area contributed by atoms with E-state index in [4.69, 9.17) is 10.1 Å². The average Bonchev–Trinajstić information content (AvgIpc) is 3.21. The topological polar surface area (TPSA) is 124 Å². The predicted octanol–water partition coefficient (Wildman–Crippen LogP) is 2.47. The SMILES string of the molecule is CO[C@@H]1CCN(C(=O)CNc2ccccc2C(=N)C(C)=O)[C@@H]1C(=O)Nc1cccc(Br)n1. The van der Waals surface area contributed by atoms with E-state index in [0.29, 0.717) is 34.6 Å². The summed E-state index contributed by atoms with van der Waals surface area (Å²) in [7, 11) is 1.51. The molecule has 2 heterocycles. The van der Waals surface area contributed by atoms with Crippen LogP contribution in [0.3, 0.4) is 0 Å². The Kier molecular flexibility index (Phi) is 7.70. The highest BCUT2D eigenvalue weighted by Gasteiger charge is 2.42. The number of amides is 2. The highest BCUT2D eigenvalue weighted by Crippen LogP contribution is 2.23. The Labute approximate surface area is 194 Å². The molecule has 2 atom stereocenters. The third kappa shape index (κ3) is 5.38. The number of likely N-dealkylation sites (tertiary alicyclic amines) is 1. The Morgan fingerprint density at radius 1 is 1.22 bits per heavy atom. The minimum atomic E-state index is -0.805. The van der Waals surface area contributed by atoms with Crippen LogP contribution in [0.2, 0.25) is 0 Å². The summed E-state index contributed by atoms with van der Waals surface area (Å²) in [5, 5.41) is 13.7. The number of nitrogens with one attached hydrogen (secondary N) is 3. The molecule has 0 aliphatic carbocycles. The molecule has 9 nitrogen and oxygen atoms in total. The van der Waals surface area contributed by atoms with Crippen molar-refractivity contribution in [3.8, 4) is 0 Å². The van der Waals surface area contributed by atoms with Gasteiger partial charge >= 0.3 is 0 Å². The lowest BCUT2D eigenvalue weighted by atomic mass is 10.1. The molecule has 1 saturated heterocycles. The number of halogens is 1. The zero-order valence-corrected chi connectivity index (χ0v) is 19.3. The van der Waals surface area contributed by atoms with Gasteiger partial charge in [0.15, 0.2) is 5.78 Å². The van der Waals surface area contributed by atoms with E-state index in [9.17, 15) is 14.4 Å². The van der Waals surface area contributed by atoms with Gasteiger partial charge in [-0.15, -0.1) is 0 Å². The van der Waals surface area contributed by atoms with Crippen LogP contribution in [-0.2, 0) is 19.1 Å². The third-order valence-electron chi connectivity index (χ3n) is 5.18. The first kappa shape index (κ1) is 23.6. The number of hydrogen-bond donors (Lipinski definition) is 3. The number of hydrogen-bond acceptors (Lipinski definition) is 7. The van der Waals surface area contributed by atoms with Gasteiger partial charge in [-0.2, -0.15) is 0 Å². The van der Waals surface area contributed by atoms with E-state index >= 15 is 0 Å². The molecule has 3 N–H and O–H groups in total. The fourth-order valence-electron chi connectivity index (χ4n) is 3.60. The fourth-order valence-corrected chi connectivity index (χ4v) is 3.94. The summed E-state index contributed by atoms with van der Waals surface area (Å²) in [4.78, 5) is 43.3. The van der Waals surface area contributed by atoms with Crippen LogP contribution in [0.15, 0.2) is 47.1 Å². The predicted molar refractivity (Wildman–Crippen MR) is 124 cm³/mol. The van der Waals surface area contributed by atoms with Crippen molar-refractivity contribution in [3.05, 3.63) is 52.6 Å². The molecule has 168 valence electrons. The van der Waals surface area contributed by atoms with Crippen molar-refractivity contribution in [1.29, 1.82) is 5.41 Å². The van der Waals surface area contributed by atoms with Crippen LogP contribution in [0.1, 0.15) is 18.9 Å². The molecule has 0 unspecified atom stereocenters. The molecule has 1 aliphatic rings. The molecule has 3 rings (SSSR count). The fraction of sp³-hybridized carbons (Fsp3) is 0.318. The van der Waals surface area contributed by atoms with Crippen molar-refractivity contribution >= 4 is 50.7 Å². The number of benzene rings is 1. The number of carbonyl (C=O) groups excluding carboxylic acids is 3. The number of pyridine rings is 1. The van der Waals surface area contributed by atoms with Gasteiger partial charge in [0.05, 0.1) is 12.6 Å².